The van der Waals surface area contributed by atoms with Crippen LogP contribution in [0.3, 0.4) is 0 Å². The Bertz CT molecular complexity index is 309. The predicted molar refractivity (Wildman–Crippen MR) is 85.9 cm³/mol. The molecular weight excluding hydrogens is 254 g/mol. The van der Waals surface area contributed by atoms with E-state index in [4.69, 9.17) is 0 Å². The van der Waals surface area contributed by atoms with Crippen molar-refractivity contribution in [2.75, 3.05) is 46.8 Å². The van der Waals surface area contributed by atoms with Crippen LogP contribution in [0, 0.1) is 5.92 Å². The van der Waals surface area contributed by atoms with E-state index in [0.717, 1.165) is 38.6 Å². The van der Waals surface area contributed by atoms with Crippen molar-refractivity contribution in [3.05, 3.63) is 22.4 Å². The van der Waals surface area contributed by atoms with Crippen LogP contribution in [0.1, 0.15) is 18.7 Å². The quantitative estimate of drug-likeness (QED) is 0.665. The van der Waals surface area contributed by atoms with Crippen LogP contribution in [-0.4, -0.2) is 56.6 Å². The third-order valence-electron chi connectivity index (χ3n) is 2.97. The molecule has 0 atom stereocenters. The molecule has 0 amide bonds. The molecule has 1 rings (SSSR count). The van der Waals surface area contributed by atoms with Crippen LogP contribution in [0.2, 0.25) is 0 Å². The Balaban J connectivity index is 2.19. The zero-order chi connectivity index (χ0) is 14.1. The first-order valence-electron chi connectivity index (χ1n) is 7.18. The van der Waals surface area contributed by atoms with Crippen molar-refractivity contribution >= 4 is 11.3 Å². The molecule has 0 aliphatic heterocycles. The molecule has 0 aliphatic rings. The van der Waals surface area contributed by atoms with Crippen molar-refractivity contribution in [3.63, 3.8) is 0 Å². The first kappa shape index (κ1) is 16.6. The monoisotopic (exact) mass is 283 g/mol. The molecule has 0 fully saturated rings. The van der Waals surface area contributed by atoms with Gasteiger partial charge in [0.25, 0.3) is 0 Å². The summed E-state index contributed by atoms with van der Waals surface area (Å²) in [7, 11) is 4.28. The summed E-state index contributed by atoms with van der Waals surface area (Å²) in [5.74, 6) is 0.736. The number of thiophene rings is 1. The highest BCUT2D eigenvalue weighted by Crippen LogP contribution is 2.07. The van der Waals surface area contributed by atoms with Gasteiger partial charge >= 0.3 is 0 Å². The molecule has 0 aliphatic carbocycles. The van der Waals surface area contributed by atoms with Crippen molar-refractivity contribution in [1.82, 2.24) is 15.1 Å². The van der Waals surface area contributed by atoms with Crippen LogP contribution in [0.25, 0.3) is 0 Å². The average molecular weight is 283 g/mol. The molecule has 4 heteroatoms. The second-order valence-corrected chi connectivity index (χ2v) is 6.79. The summed E-state index contributed by atoms with van der Waals surface area (Å²) in [5.41, 5.74) is 0. The van der Waals surface area contributed by atoms with Crippen molar-refractivity contribution in [3.8, 4) is 0 Å². The molecule has 110 valence electrons. The van der Waals surface area contributed by atoms with Gasteiger partial charge in [-0.25, -0.2) is 0 Å². The minimum absolute atomic E-state index is 0.736. The highest BCUT2D eigenvalue weighted by Gasteiger charge is 2.07. The van der Waals surface area contributed by atoms with Crippen LogP contribution < -0.4 is 5.32 Å². The van der Waals surface area contributed by atoms with Gasteiger partial charge in [-0.3, -0.25) is 0 Å². The molecule has 0 unspecified atom stereocenters. The van der Waals surface area contributed by atoms with Gasteiger partial charge < -0.3 is 15.1 Å². The zero-order valence-electron chi connectivity index (χ0n) is 12.9. The van der Waals surface area contributed by atoms with Gasteiger partial charge in [0.1, 0.15) is 0 Å². The maximum atomic E-state index is 3.53. The lowest BCUT2D eigenvalue weighted by Crippen LogP contribution is -2.38. The Morgan fingerprint density at radius 1 is 1.21 bits per heavy atom. The maximum Gasteiger partial charge on any atom is 0.0300 e. The van der Waals surface area contributed by atoms with E-state index in [1.165, 1.54) is 11.4 Å². The van der Waals surface area contributed by atoms with Gasteiger partial charge in [0.15, 0.2) is 0 Å². The third-order valence-corrected chi connectivity index (χ3v) is 3.85. The van der Waals surface area contributed by atoms with Gasteiger partial charge in [-0.2, -0.15) is 0 Å². The molecule has 0 saturated carbocycles. The van der Waals surface area contributed by atoms with Crippen molar-refractivity contribution < 1.29 is 0 Å². The molecule has 0 aromatic carbocycles. The smallest absolute Gasteiger partial charge is 0.0300 e. The molecule has 3 nitrogen and oxygen atoms in total. The predicted octanol–water partition coefficient (Wildman–Crippen LogP) is 2.36. The molecule has 0 spiro atoms. The molecule has 1 N–H and O–H groups in total. The SMILES string of the molecule is CC(C)CN(CCNCc1cccs1)CCN(C)C. The van der Waals surface area contributed by atoms with Gasteiger partial charge in [-0.15, -0.1) is 11.3 Å². The number of hydrogen-bond donors (Lipinski definition) is 1. The molecule has 0 saturated heterocycles. The zero-order valence-corrected chi connectivity index (χ0v) is 13.7. The van der Waals surface area contributed by atoms with Gasteiger partial charge in [-0.05, 0) is 31.5 Å². The summed E-state index contributed by atoms with van der Waals surface area (Å²) in [6, 6.07) is 4.30. The Hall–Kier alpha value is -0.420. The topological polar surface area (TPSA) is 18.5 Å². The average Bonchev–Trinajstić information content (AvgIpc) is 2.83. The summed E-state index contributed by atoms with van der Waals surface area (Å²) in [4.78, 5) is 6.24. The molecular formula is C15H29N3S. The summed E-state index contributed by atoms with van der Waals surface area (Å²) in [6.45, 7) is 11.3. The standard InChI is InChI=1S/C15H29N3S/c1-14(2)13-18(10-9-17(3)4)8-7-16-12-15-6-5-11-19-15/h5-6,11,14,16H,7-10,12-13H2,1-4H3. The minimum atomic E-state index is 0.736. The van der Waals surface area contributed by atoms with Crippen LogP contribution in [-0.2, 0) is 6.54 Å². The molecule has 19 heavy (non-hydrogen) atoms. The van der Waals surface area contributed by atoms with E-state index in [-0.39, 0.29) is 0 Å². The van der Waals surface area contributed by atoms with E-state index >= 15 is 0 Å². The Morgan fingerprint density at radius 2 is 2.00 bits per heavy atom. The Kier molecular flexibility index (Phi) is 8.30. The molecule has 0 radical (unpaired) electrons. The van der Waals surface area contributed by atoms with Crippen LogP contribution in [0.5, 0.6) is 0 Å². The van der Waals surface area contributed by atoms with Crippen LogP contribution in [0.15, 0.2) is 17.5 Å². The van der Waals surface area contributed by atoms with E-state index in [1.807, 2.05) is 11.3 Å². The van der Waals surface area contributed by atoms with E-state index in [2.05, 4.69) is 60.6 Å². The molecule has 0 bridgehead atoms. The lowest BCUT2D eigenvalue weighted by atomic mass is 10.2. The van der Waals surface area contributed by atoms with E-state index < -0.39 is 0 Å². The summed E-state index contributed by atoms with van der Waals surface area (Å²) in [5, 5.41) is 5.67. The fraction of sp³-hybridized carbons (Fsp3) is 0.733. The van der Waals surface area contributed by atoms with Crippen LogP contribution in [0.4, 0.5) is 0 Å². The van der Waals surface area contributed by atoms with Crippen molar-refractivity contribution in [2.45, 2.75) is 20.4 Å². The first-order chi connectivity index (χ1) is 9.08. The van der Waals surface area contributed by atoms with Gasteiger partial charge in [0.2, 0.25) is 0 Å². The first-order valence-corrected chi connectivity index (χ1v) is 8.06. The third kappa shape index (κ3) is 8.37. The van der Waals surface area contributed by atoms with Crippen LogP contribution >= 0.6 is 11.3 Å². The summed E-state index contributed by atoms with van der Waals surface area (Å²) in [6.07, 6.45) is 0. The highest BCUT2D eigenvalue weighted by molar-refractivity contribution is 7.09. The van der Waals surface area contributed by atoms with Gasteiger partial charge in [0, 0.05) is 44.1 Å². The number of nitrogens with one attached hydrogen (secondary N) is 1. The largest absolute Gasteiger partial charge is 0.311 e. The number of rotatable bonds is 10. The Morgan fingerprint density at radius 3 is 2.58 bits per heavy atom. The maximum absolute atomic E-state index is 3.53. The lowest BCUT2D eigenvalue weighted by molar-refractivity contribution is 0.219. The highest BCUT2D eigenvalue weighted by atomic mass is 32.1. The van der Waals surface area contributed by atoms with Gasteiger partial charge in [0.05, 0.1) is 0 Å². The van der Waals surface area contributed by atoms with E-state index in [9.17, 15) is 0 Å². The molecule has 1 aromatic heterocycles. The summed E-state index contributed by atoms with van der Waals surface area (Å²) >= 11 is 1.82. The second kappa shape index (κ2) is 9.48. The Labute approximate surface area is 122 Å². The van der Waals surface area contributed by atoms with Gasteiger partial charge in [-0.1, -0.05) is 19.9 Å². The minimum Gasteiger partial charge on any atom is -0.311 e. The van der Waals surface area contributed by atoms with E-state index in [1.54, 1.807) is 0 Å². The molecule has 1 heterocycles. The normalized spacial score (nSPS) is 11.9. The second-order valence-electron chi connectivity index (χ2n) is 5.75. The summed E-state index contributed by atoms with van der Waals surface area (Å²) < 4.78 is 0. The fourth-order valence-corrected chi connectivity index (χ4v) is 2.69. The molecule has 1 aromatic rings. The van der Waals surface area contributed by atoms with Crippen molar-refractivity contribution in [1.29, 1.82) is 0 Å². The van der Waals surface area contributed by atoms with E-state index in [0.29, 0.717) is 0 Å². The fourth-order valence-electron chi connectivity index (χ4n) is 2.01. The lowest BCUT2D eigenvalue weighted by Gasteiger charge is -2.25. The van der Waals surface area contributed by atoms with Crippen molar-refractivity contribution in [2.24, 2.45) is 5.92 Å². The number of hydrogen-bond acceptors (Lipinski definition) is 4. The number of likely N-dealkylation sites (N-methyl/N-ethyl adjacent to an activating group) is 1. The number of nitrogens with zero attached hydrogens (tertiary/aromatic N) is 2.